The summed E-state index contributed by atoms with van der Waals surface area (Å²) in [5.41, 5.74) is 7.09. The van der Waals surface area contributed by atoms with Gasteiger partial charge in [0.1, 0.15) is 5.70 Å². The van der Waals surface area contributed by atoms with Gasteiger partial charge in [0.2, 0.25) is 0 Å². The zero-order valence-corrected chi connectivity index (χ0v) is 19.2. The third-order valence-corrected chi connectivity index (χ3v) is 6.74. The maximum Gasteiger partial charge on any atom is 0.329 e. The highest BCUT2D eigenvalue weighted by Crippen LogP contribution is 2.43. The molecule has 2 aromatic rings. The molecule has 0 aromatic heterocycles. The van der Waals surface area contributed by atoms with Crippen molar-refractivity contribution < 1.29 is 9.59 Å². The third-order valence-electron chi connectivity index (χ3n) is 6.74. The van der Waals surface area contributed by atoms with Crippen molar-refractivity contribution in [3.63, 3.8) is 0 Å². The summed E-state index contributed by atoms with van der Waals surface area (Å²) in [6.45, 7) is 11.1. The average Bonchev–Trinajstić information content (AvgIpc) is 2.96. The number of carbonyl (C=O) groups is 2. The van der Waals surface area contributed by atoms with Crippen molar-refractivity contribution >= 4 is 23.7 Å². The number of fused-ring (bicyclic) bond motifs is 1. The van der Waals surface area contributed by atoms with E-state index >= 15 is 0 Å². The summed E-state index contributed by atoms with van der Waals surface area (Å²) >= 11 is 0. The first-order valence-corrected chi connectivity index (χ1v) is 10.9. The summed E-state index contributed by atoms with van der Waals surface area (Å²) in [7, 11) is 2.14. The van der Waals surface area contributed by atoms with Gasteiger partial charge in [-0.05, 0) is 80.5 Å². The molecule has 0 radical (unpaired) electrons. The fraction of sp³-hybridized carbons (Fsp3) is 0.385. The van der Waals surface area contributed by atoms with Crippen LogP contribution < -0.4 is 10.2 Å². The first-order chi connectivity index (χ1) is 14.6. The number of imide groups is 1. The number of amides is 3. The summed E-state index contributed by atoms with van der Waals surface area (Å²) in [5, 5.41) is 2.76. The molecule has 5 nitrogen and oxygen atoms in total. The SMILES string of the molecule is Cc1ccc(CN2C(=O)N/C(=C\c3cc4c(cc3C)N(C)C(C)(C)C[C@@H]4C)C2=O)cc1. The zero-order valence-electron chi connectivity index (χ0n) is 19.2. The van der Waals surface area contributed by atoms with Crippen LogP contribution in [-0.2, 0) is 11.3 Å². The Labute approximate surface area is 184 Å². The summed E-state index contributed by atoms with van der Waals surface area (Å²) in [4.78, 5) is 29.1. The molecule has 0 saturated carbocycles. The Morgan fingerprint density at radius 3 is 2.48 bits per heavy atom. The highest BCUT2D eigenvalue weighted by atomic mass is 16.2. The van der Waals surface area contributed by atoms with Gasteiger partial charge in [-0.15, -0.1) is 0 Å². The molecule has 4 rings (SSSR count). The first-order valence-electron chi connectivity index (χ1n) is 10.9. The molecule has 2 aliphatic heterocycles. The molecule has 1 atom stereocenters. The van der Waals surface area contributed by atoms with E-state index in [0.717, 1.165) is 28.7 Å². The molecule has 3 amide bonds. The van der Waals surface area contributed by atoms with Gasteiger partial charge in [0.25, 0.3) is 5.91 Å². The van der Waals surface area contributed by atoms with Crippen molar-refractivity contribution in [3.8, 4) is 0 Å². The van der Waals surface area contributed by atoms with Crippen LogP contribution in [0.1, 0.15) is 60.9 Å². The Kier molecular flexibility index (Phi) is 5.16. The van der Waals surface area contributed by atoms with Crippen molar-refractivity contribution in [2.24, 2.45) is 0 Å². The van der Waals surface area contributed by atoms with Crippen molar-refractivity contribution in [1.29, 1.82) is 0 Å². The zero-order chi connectivity index (χ0) is 22.5. The molecule has 0 unspecified atom stereocenters. The molecule has 5 heteroatoms. The van der Waals surface area contributed by atoms with Crippen molar-refractivity contribution in [3.05, 3.63) is 69.9 Å². The second-order valence-corrected chi connectivity index (χ2v) is 9.61. The second kappa shape index (κ2) is 7.56. The van der Waals surface area contributed by atoms with E-state index < -0.39 is 0 Å². The van der Waals surface area contributed by atoms with Gasteiger partial charge in [-0.2, -0.15) is 0 Å². The number of benzene rings is 2. The van der Waals surface area contributed by atoms with Gasteiger partial charge in [-0.1, -0.05) is 36.8 Å². The number of anilines is 1. The molecular weight excluding hydrogens is 386 g/mol. The molecule has 1 N–H and O–H groups in total. The number of carbonyl (C=O) groups excluding carboxylic acids is 2. The Balaban J connectivity index is 1.63. The largest absolute Gasteiger partial charge is 0.369 e. The van der Waals surface area contributed by atoms with Crippen LogP contribution in [0.5, 0.6) is 0 Å². The lowest BCUT2D eigenvalue weighted by Crippen LogP contribution is -2.45. The van der Waals surface area contributed by atoms with Crippen LogP contribution in [0, 0.1) is 13.8 Å². The van der Waals surface area contributed by atoms with E-state index in [2.05, 4.69) is 57.1 Å². The lowest BCUT2D eigenvalue weighted by molar-refractivity contribution is -0.123. The predicted molar refractivity (Wildman–Crippen MR) is 125 cm³/mol. The Bertz CT molecular complexity index is 1080. The van der Waals surface area contributed by atoms with E-state index in [9.17, 15) is 9.59 Å². The van der Waals surface area contributed by atoms with E-state index in [0.29, 0.717) is 11.6 Å². The van der Waals surface area contributed by atoms with Gasteiger partial charge >= 0.3 is 6.03 Å². The van der Waals surface area contributed by atoms with E-state index in [4.69, 9.17) is 0 Å². The smallest absolute Gasteiger partial charge is 0.329 e. The Morgan fingerprint density at radius 1 is 1.13 bits per heavy atom. The summed E-state index contributed by atoms with van der Waals surface area (Å²) < 4.78 is 0. The number of hydrogen-bond acceptors (Lipinski definition) is 3. The number of nitrogens with zero attached hydrogens (tertiary/aromatic N) is 2. The van der Waals surface area contributed by atoms with Crippen LogP contribution in [-0.4, -0.2) is 29.4 Å². The predicted octanol–water partition coefficient (Wildman–Crippen LogP) is 5.12. The second-order valence-electron chi connectivity index (χ2n) is 9.61. The van der Waals surface area contributed by atoms with Crippen LogP contribution in [0.2, 0.25) is 0 Å². The third kappa shape index (κ3) is 3.85. The molecule has 162 valence electrons. The standard InChI is InChI=1S/C26H31N3O2/c1-16-7-9-19(10-8-16)15-29-24(30)22(27-25(29)31)13-20-12-21-18(3)14-26(4,5)28(6)23(21)11-17(20)2/h7-13,18H,14-15H2,1-6H3,(H,27,31)/b22-13-/t18-/m0/s1. The molecule has 1 fully saturated rings. The van der Waals surface area contributed by atoms with E-state index in [1.807, 2.05) is 37.3 Å². The number of rotatable bonds is 3. The number of urea groups is 1. The average molecular weight is 418 g/mol. The molecule has 0 spiro atoms. The molecule has 2 aliphatic rings. The minimum Gasteiger partial charge on any atom is -0.369 e. The van der Waals surface area contributed by atoms with Crippen LogP contribution in [0.25, 0.3) is 6.08 Å². The lowest BCUT2D eigenvalue weighted by Gasteiger charge is -2.45. The van der Waals surface area contributed by atoms with Gasteiger partial charge in [-0.25, -0.2) is 4.79 Å². The molecule has 31 heavy (non-hydrogen) atoms. The molecule has 1 saturated heterocycles. The fourth-order valence-corrected chi connectivity index (χ4v) is 4.64. The van der Waals surface area contributed by atoms with Crippen LogP contribution in [0.15, 0.2) is 42.1 Å². The van der Waals surface area contributed by atoms with Crippen molar-refractivity contribution in [2.75, 3.05) is 11.9 Å². The maximum atomic E-state index is 13.0. The van der Waals surface area contributed by atoms with E-state index in [-0.39, 0.29) is 24.0 Å². The highest BCUT2D eigenvalue weighted by Gasteiger charge is 2.36. The highest BCUT2D eigenvalue weighted by molar-refractivity contribution is 6.14. The number of hydrogen-bond donors (Lipinski definition) is 1. The number of aryl methyl sites for hydroxylation is 2. The van der Waals surface area contributed by atoms with E-state index in [1.165, 1.54) is 16.2 Å². The van der Waals surface area contributed by atoms with Gasteiger partial charge < -0.3 is 10.2 Å². The van der Waals surface area contributed by atoms with Crippen LogP contribution in [0.4, 0.5) is 10.5 Å². The summed E-state index contributed by atoms with van der Waals surface area (Å²) in [6.07, 6.45) is 2.88. The van der Waals surface area contributed by atoms with Gasteiger partial charge in [-0.3, -0.25) is 9.69 Å². The number of nitrogens with one attached hydrogen (secondary N) is 1. The minimum atomic E-state index is -0.373. The summed E-state index contributed by atoms with van der Waals surface area (Å²) in [5.74, 6) is 0.139. The van der Waals surface area contributed by atoms with Gasteiger partial charge in [0, 0.05) is 18.3 Å². The molecule has 2 heterocycles. The quantitative estimate of drug-likeness (QED) is 0.557. The normalized spacial score (nSPS) is 21.5. The monoisotopic (exact) mass is 417 g/mol. The fourth-order valence-electron chi connectivity index (χ4n) is 4.64. The summed E-state index contributed by atoms with van der Waals surface area (Å²) in [6, 6.07) is 11.9. The Morgan fingerprint density at radius 2 is 1.81 bits per heavy atom. The molecule has 0 aliphatic carbocycles. The van der Waals surface area contributed by atoms with Gasteiger partial charge in [0.05, 0.1) is 6.54 Å². The van der Waals surface area contributed by atoms with Gasteiger partial charge in [0.15, 0.2) is 0 Å². The minimum absolute atomic E-state index is 0.102. The molecule has 0 bridgehead atoms. The van der Waals surface area contributed by atoms with E-state index in [1.54, 1.807) is 0 Å². The Hall–Kier alpha value is -3.08. The van der Waals surface area contributed by atoms with Crippen LogP contribution in [0.3, 0.4) is 0 Å². The molecular formula is C26H31N3O2. The van der Waals surface area contributed by atoms with Crippen molar-refractivity contribution in [2.45, 2.75) is 59.0 Å². The first kappa shape index (κ1) is 21.2. The molecule has 2 aromatic carbocycles. The van der Waals surface area contributed by atoms with Crippen LogP contribution >= 0.6 is 0 Å². The topological polar surface area (TPSA) is 52.7 Å². The lowest BCUT2D eigenvalue weighted by atomic mass is 9.79. The maximum absolute atomic E-state index is 13.0. The van der Waals surface area contributed by atoms with Crippen molar-refractivity contribution in [1.82, 2.24) is 10.2 Å².